The number of nitrogens with zero attached hydrogens (tertiary/aromatic N) is 2. The van der Waals surface area contributed by atoms with Crippen LogP contribution < -0.4 is 11.0 Å². The van der Waals surface area contributed by atoms with Gasteiger partial charge < -0.3 is 10.4 Å². The van der Waals surface area contributed by atoms with Crippen molar-refractivity contribution in [3.63, 3.8) is 0 Å². The third-order valence-electron chi connectivity index (χ3n) is 3.53. The van der Waals surface area contributed by atoms with E-state index in [1.54, 1.807) is 6.07 Å². The Morgan fingerprint density at radius 3 is 3.00 bits per heavy atom. The molecule has 0 aromatic carbocycles. The Bertz CT molecular complexity index is 486. The molecule has 6 heteroatoms. The van der Waals surface area contributed by atoms with Crippen LogP contribution in [0.2, 0.25) is 0 Å². The lowest BCUT2D eigenvalue weighted by Crippen LogP contribution is -2.39. The SMILES string of the molecule is O=C(Cn1cccnc1=O)NCC1CCCCC1O. The molecule has 0 saturated heterocycles. The zero-order chi connectivity index (χ0) is 13.7. The molecule has 19 heavy (non-hydrogen) atoms. The van der Waals surface area contributed by atoms with Gasteiger partial charge in [0.2, 0.25) is 5.91 Å². The predicted molar refractivity (Wildman–Crippen MR) is 69.5 cm³/mol. The minimum atomic E-state index is -0.435. The summed E-state index contributed by atoms with van der Waals surface area (Å²) in [6.45, 7) is 0.435. The number of carbonyl (C=O) groups excluding carboxylic acids is 1. The van der Waals surface area contributed by atoms with Gasteiger partial charge in [0.1, 0.15) is 6.54 Å². The van der Waals surface area contributed by atoms with Gasteiger partial charge in [-0.25, -0.2) is 9.78 Å². The van der Waals surface area contributed by atoms with Crippen LogP contribution in [0, 0.1) is 5.92 Å². The number of aliphatic hydroxyl groups is 1. The van der Waals surface area contributed by atoms with Gasteiger partial charge in [-0.05, 0) is 18.9 Å². The second kappa shape index (κ2) is 6.47. The van der Waals surface area contributed by atoms with Crippen LogP contribution in [-0.2, 0) is 11.3 Å². The molecule has 6 nitrogen and oxygen atoms in total. The minimum Gasteiger partial charge on any atom is -0.393 e. The van der Waals surface area contributed by atoms with E-state index in [4.69, 9.17) is 0 Å². The normalized spacial score (nSPS) is 23.0. The summed E-state index contributed by atoms with van der Waals surface area (Å²) in [7, 11) is 0. The minimum absolute atomic E-state index is 0.0323. The molecule has 2 N–H and O–H groups in total. The maximum absolute atomic E-state index is 11.7. The molecule has 1 aliphatic rings. The summed E-state index contributed by atoms with van der Waals surface area (Å²) in [6.07, 6.45) is 6.50. The quantitative estimate of drug-likeness (QED) is 0.797. The van der Waals surface area contributed by atoms with Gasteiger partial charge in [0.05, 0.1) is 6.10 Å². The van der Waals surface area contributed by atoms with Gasteiger partial charge in [-0.3, -0.25) is 9.36 Å². The smallest absolute Gasteiger partial charge is 0.347 e. The van der Waals surface area contributed by atoms with Gasteiger partial charge in [0.15, 0.2) is 0 Å². The molecule has 2 atom stereocenters. The maximum atomic E-state index is 11.7. The second-order valence-corrected chi connectivity index (χ2v) is 4.95. The molecule has 1 aliphatic carbocycles. The molecule has 1 fully saturated rings. The fraction of sp³-hybridized carbons (Fsp3) is 0.615. The topological polar surface area (TPSA) is 84.2 Å². The van der Waals surface area contributed by atoms with Crippen molar-refractivity contribution < 1.29 is 9.90 Å². The lowest BCUT2D eigenvalue weighted by Gasteiger charge is -2.27. The highest BCUT2D eigenvalue weighted by Gasteiger charge is 2.23. The van der Waals surface area contributed by atoms with Crippen LogP contribution in [-0.4, -0.2) is 33.2 Å². The third-order valence-corrected chi connectivity index (χ3v) is 3.53. The van der Waals surface area contributed by atoms with Crippen molar-refractivity contribution in [3.05, 3.63) is 28.9 Å². The molecule has 0 bridgehead atoms. The van der Waals surface area contributed by atoms with Crippen molar-refractivity contribution >= 4 is 5.91 Å². The highest BCUT2D eigenvalue weighted by molar-refractivity contribution is 5.75. The summed E-state index contributed by atoms with van der Waals surface area (Å²) in [4.78, 5) is 26.7. The first-order valence-electron chi connectivity index (χ1n) is 6.63. The van der Waals surface area contributed by atoms with Crippen molar-refractivity contribution in [2.75, 3.05) is 6.54 Å². The average molecular weight is 265 g/mol. The standard InChI is InChI=1S/C13H19N3O3/c17-11-5-2-1-4-10(11)8-15-12(18)9-16-7-3-6-14-13(16)19/h3,6-7,10-11,17H,1-2,4-5,8-9H2,(H,15,18). The molecule has 2 rings (SSSR count). The molecule has 104 valence electrons. The summed E-state index contributed by atoms with van der Waals surface area (Å²) in [5.74, 6) is -0.101. The van der Waals surface area contributed by atoms with Gasteiger partial charge in [0.25, 0.3) is 0 Å². The van der Waals surface area contributed by atoms with Crippen LogP contribution in [0.3, 0.4) is 0 Å². The number of hydrogen-bond donors (Lipinski definition) is 2. The molecule has 2 unspecified atom stereocenters. The van der Waals surface area contributed by atoms with Crippen LogP contribution in [0.15, 0.2) is 23.3 Å². The lowest BCUT2D eigenvalue weighted by molar-refractivity contribution is -0.122. The highest BCUT2D eigenvalue weighted by atomic mass is 16.3. The highest BCUT2D eigenvalue weighted by Crippen LogP contribution is 2.23. The van der Waals surface area contributed by atoms with E-state index in [0.717, 1.165) is 25.7 Å². The van der Waals surface area contributed by atoms with E-state index in [0.29, 0.717) is 6.54 Å². The molecule has 1 amide bonds. The Hall–Kier alpha value is -1.69. The van der Waals surface area contributed by atoms with E-state index in [1.165, 1.54) is 17.0 Å². The van der Waals surface area contributed by atoms with E-state index in [1.807, 2.05) is 0 Å². The number of carbonyl (C=O) groups is 1. The van der Waals surface area contributed by atoms with Crippen LogP contribution in [0.25, 0.3) is 0 Å². The molecule has 0 radical (unpaired) electrons. The number of rotatable bonds is 4. The van der Waals surface area contributed by atoms with E-state index in [2.05, 4.69) is 10.3 Å². The average Bonchev–Trinajstić information content (AvgIpc) is 2.40. The number of amides is 1. The van der Waals surface area contributed by atoms with Crippen molar-refractivity contribution in [2.24, 2.45) is 5.92 Å². The largest absolute Gasteiger partial charge is 0.393 e. The zero-order valence-corrected chi connectivity index (χ0v) is 10.8. The van der Waals surface area contributed by atoms with Crippen LogP contribution >= 0.6 is 0 Å². The van der Waals surface area contributed by atoms with Crippen molar-refractivity contribution in [1.82, 2.24) is 14.9 Å². The van der Waals surface area contributed by atoms with E-state index >= 15 is 0 Å². The Morgan fingerprint density at radius 2 is 2.26 bits per heavy atom. The molecular formula is C13H19N3O3. The summed E-state index contributed by atoms with van der Waals surface area (Å²) in [5, 5.41) is 12.6. The first kappa shape index (κ1) is 13.7. The maximum Gasteiger partial charge on any atom is 0.347 e. The number of aromatic nitrogens is 2. The summed E-state index contributed by atoms with van der Waals surface area (Å²) in [5.41, 5.74) is -0.435. The number of hydrogen-bond acceptors (Lipinski definition) is 4. The Labute approximate surface area is 111 Å². The van der Waals surface area contributed by atoms with E-state index in [9.17, 15) is 14.7 Å². The Morgan fingerprint density at radius 1 is 1.47 bits per heavy atom. The van der Waals surface area contributed by atoms with Crippen molar-refractivity contribution in [2.45, 2.75) is 38.3 Å². The summed E-state index contributed by atoms with van der Waals surface area (Å²) < 4.78 is 1.26. The third kappa shape index (κ3) is 3.89. The van der Waals surface area contributed by atoms with Gasteiger partial charge in [0, 0.05) is 24.9 Å². The van der Waals surface area contributed by atoms with E-state index in [-0.39, 0.29) is 24.5 Å². The summed E-state index contributed by atoms with van der Waals surface area (Å²) in [6, 6.07) is 1.61. The fourth-order valence-electron chi connectivity index (χ4n) is 2.39. The number of aliphatic hydroxyl groups excluding tert-OH is 1. The Kier molecular flexibility index (Phi) is 4.68. The molecule has 1 heterocycles. The van der Waals surface area contributed by atoms with Gasteiger partial charge in [-0.2, -0.15) is 0 Å². The van der Waals surface area contributed by atoms with Crippen molar-refractivity contribution in [3.8, 4) is 0 Å². The molecular weight excluding hydrogens is 246 g/mol. The first-order valence-corrected chi connectivity index (χ1v) is 6.63. The fourth-order valence-corrected chi connectivity index (χ4v) is 2.39. The van der Waals surface area contributed by atoms with Gasteiger partial charge in [-0.15, -0.1) is 0 Å². The monoisotopic (exact) mass is 265 g/mol. The predicted octanol–water partition coefficient (Wildman–Crippen LogP) is -0.0894. The van der Waals surface area contributed by atoms with Crippen LogP contribution in [0.5, 0.6) is 0 Å². The van der Waals surface area contributed by atoms with Gasteiger partial charge in [-0.1, -0.05) is 12.8 Å². The second-order valence-electron chi connectivity index (χ2n) is 4.95. The molecule has 1 saturated carbocycles. The van der Waals surface area contributed by atoms with Crippen molar-refractivity contribution in [1.29, 1.82) is 0 Å². The molecule has 1 aromatic rings. The number of nitrogens with one attached hydrogen (secondary N) is 1. The van der Waals surface area contributed by atoms with Crippen LogP contribution in [0.1, 0.15) is 25.7 Å². The van der Waals surface area contributed by atoms with E-state index < -0.39 is 5.69 Å². The van der Waals surface area contributed by atoms with Crippen LogP contribution in [0.4, 0.5) is 0 Å². The van der Waals surface area contributed by atoms with Gasteiger partial charge >= 0.3 is 5.69 Å². The summed E-state index contributed by atoms with van der Waals surface area (Å²) >= 11 is 0. The lowest BCUT2D eigenvalue weighted by atomic mass is 9.86. The molecule has 0 spiro atoms. The first-order chi connectivity index (χ1) is 9.16. The zero-order valence-electron chi connectivity index (χ0n) is 10.8. The Balaban J connectivity index is 1.82. The molecule has 0 aliphatic heterocycles. The molecule has 1 aromatic heterocycles.